The second kappa shape index (κ2) is 11.6. The van der Waals surface area contributed by atoms with E-state index in [2.05, 4.69) is 9.97 Å². The number of aliphatic hydroxyl groups is 2. The number of alkyl halides is 3. The maximum atomic E-state index is 14.4. The van der Waals surface area contributed by atoms with Gasteiger partial charge >= 0.3 is 6.18 Å². The number of rotatable bonds is 11. The lowest BCUT2D eigenvalue weighted by Gasteiger charge is -2.32. The van der Waals surface area contributed by atoms with Gasteiger partial charge in [-0.05, 0) is 68.3 Å². The first-order chi connectivity index (χ1) is 18.2. The first-order valence-corrected chi connectivity index (χ1v) is 11.9. The van der Waals surface area contributed by atoms with E-state index < -0.39 is 47.5 Å². The van der Waals surface area contributed by atoms with Gasteiger partial charge in [0.2, 0.25) is 5.60 Å². The Morgan fingerprint density at radius 3 is 2.33 bits per heavy atom. The number of ether oxygens (including phenoxy) is 2. The molecular weight excluding hydrogens is 522 g/mol. The number of aromatic nitrogens is 2. The van der Waals surface area contributed by atoms with E-state index in [9.17, 15) is 27.5 Å². The number of nitrogens with two attached hydrogens (primary N) is 1. The summed E-state index contributed by atoms with van der Waals surface area (Å²) in [6.45, 7) is 2.78. The van der Waals surface area contributed by atoms with Crippen molar-refractivity contribution >= 4 is 5.78 Å². The van der Waals surface area contributed by atoms with Crippen molar-refractivity contribution in [2.24, 2.45) is 5.73 Å². The Bertz CT molecular complexity index is 1310. The third-order valence-electron chi connectivity index (χ3n) is 6.01. The number of pyridine rings is 2. The molecule has 4 N–H and O–H groups in total. The van der Waals surface area contributed by atoms with E-state index in [0.29, 0.717) is 5.56 Å². The molecule has 0 amide bonds. The van der Waals surface area contributed by atoms with Crippen LogP contribution in [0.2, 0.25) is 0 Å². The van der Waals surface area contributed by atoms with Crippen LogP contribution < -0.4 is 15.2 Å². The fraction of sp³-hybridized carbons (Fsp3) is 0.370. The number of halogens is 4. The predicted octanol–water partition coefficient (Wildman–Crippen LogP) is 4.27. The molecule has 1 aromatic carbocycles. The molecule has 39 heavy (non-hydrogen) atoms. The third kappa shape index (κ3) is 6.88. The minimum absolute atomic E-state index is 0.00590. The van der Waals surface area contributed by atoms with E-state index in [0.717, 1.165) is 24.4 Å². The van der Waals surface area contributed by atoms with E-state index in [1.165, 1.54) is 31.4 Å². The van der Waals surface area contributed by atoms with Crippen LogP contribution in [-0.4, -0.2) is 52.5 Å². The lowest BCUT2D eigenvalue weighted by Crippen LogP contribution is -2.44. The van der Waals surface area contributed by atoms with Crippen molar-refractivity contribution in [2.75, 3.05) is 20.3 Å². The first kappa shape index (κ1) is 29.9. The van der Waals surface area contributed by atoms with Crippen LogP contribution in [0.1, 0.15) is 48.3 Å². The Morgan fingerprint density at radius 1 is 1.10 bits per heavy atom. The van der Waals surface area contributed by atoms with Crippen molar-refractivity contribution < 1.29 is 42.0 Å². The number of nitrogens with zero attached hydrogens (tertiary/aromatic N) is 2. The lowest BCUT2D eigenvalue weighted by atomic mass is 9.86. The number of carbonyl (C=O) groups excluding carboxylic acids is 1. The fourth-order valence-corrected chi connectivity index (χ4v) is 3.72. The summed E-state index contributed by atoms with van der Waals surface area (Å²) in [5, 5.41) is 19.9. The van der Waals surface area contributed by atoms with Crippen molar-refractivity contribution in [2.45, 2.75) is 44.0 Å². The summed E-state index contributed by atoms with van der Waals surface area (Å²) in [6.07, 6.45) is -5.88. The second-order valence-corrected chi connectivity index (χ2v) is 9.44. The number of aliphatic hydroxyl groups excluding tert-OH is 1. The monoisotopic (exact) mass is 551 g/mol. The average Bonchev–Trinajstić information content (AvgIpc) is 2.89. The molecular formula is C27H29F4N3O5. The van der Waals surface area contributed by atoms with Crippen molar-refractivity contribution in [1.82, 2.24) is 9.97 Å². The largest absolute Gasteiger partial charge is 0.491 e. The molecule has 12 heteroatoms. The normalized spacial score (nSPS) is 13.6. The zero-order chi connectivity index (χ0) is 29.0. The van der Waals surface area contributed by atoms with E-state index in [4.69, 9.17) is 20.3 Å². The van der Waals surface area contributed by atoms with E-state index >= 15 is 0 Å². The molecule has 0 radical (unpaired) electrons. The van der Waals surface area contributed by atoms with Crippen LogP contribution in [-0.2, 0) is 11.1 Å². The molecule has 0 aliphatic rings. The molecule has 0 aliphatic heterocycles. The zero-order valence-corrected chi connectivity index (χ0v) is 21.6. The Labute approximate surface area is 222 Å². The van der Waals surface area contributed by atoms with Gasteiger partial charge in [0.15, 0.2) is 11.5 Å². The highest BCUT2D eigenvalue weighted by Gasteiger charge is 2.56. The number of benzene rings is 1. The van der Waals surface area contributed by atoms with Gasteiger partial charge in [-0.25, -0.2) is 14.4 Å². The van der Waals surface area contributed by atoms with Gasteiger partial charge in [-0.1, -0.05) is 0 Å². The number of hydrogen-bond donors (Lipinski definition) is 3. The third-order valence-corrected chi connectivity index (χ3v) is 6.01. The minimum atomic E-state index is -5.21. The molecule has 2 aromatic heterocycles. The fourth-order valence-electron chi connectivity index (χ4n) is 3.72. The predicted molar refractivity (Wildman–Crippen MR) is 134 cm³/mol. The smallest absolute Gasteiger partial charge is 0.422 e. The number of methoxy groups -OCH3 is 1. The quantitative estimate of drug-likeness (QED) is 0.238. The molecule has 2 heterocycles. The van der Waals surface area contributed by atoms with Gasteiger partial charge in [0.25, 0.3) is 5.88 Å². The summed E-state index contributed by atoms with van der Waals surface area (Å²) in [6, 6.07) is 8.73. The second-order valence-electron chi connectivity index (χ2n) is 9.44. The van der Waals surface area contributed by atoms with Gasteiger partial charge < -0.3 is 25.4 Å². The number of ketones is 1. The molecule has 1 atom stereocenters. The minimum Gasteiger partial charge on any atom is -0.491 e. The molecule has 8 nitrogen and oxygen atoms in total. The van der Waals surface area contributed by atoms with Crippen molar-refractivity contribution in [3.05, 3.63) is 71.3 Å². The van der Waals surface area contributed by atoms with E-state index in [1.807, 2.05) is 0 Å². The maximum absolute atomic E-state index is 14.4. The Kier molecular flexibility index (Phi) is 8.94. The van der Waals surface area contributed by atoms with Crippen LogP contribution in [0, 0.1) is 5.82 Å². The summed E-state index contributed by atoms with van der Waals surface area (Å²) >= 11 is 0. The molecule has 0 saturated carbocycles. The molecule has 210 valence electrons. The number of hydrogen-bond acceptors (Lipinski definition) is 8. The highest BCUT2D eigenvalue weighted by molar-refractivity contribution is 5.96. The summed E-state index contributed by atoms with van der Waals surface area (Å²) in [5.41, 5.74) is 1.33. The summed E-state index contributed by atoms with van der Waals surface area (Å²) in [4.78, 5) is 20.9. The first-order valence-electron chi connectivity index (χ1n) is 11.9. The van der Waals surface area contributed by atoms with Crippen LogP contribution in [0.25, 0.3) is 11.3 Å². The van der Waals surface area contributed by atoms with Crippen LogP contribution in [0.3, 0.4) is 0 Å². The van der Waals surface area contributed by atoms with Gasteiger partial charge in [0, 0.05) is 29.3 Å². The van der Waals surface area contributed by atoms with Gasteiger partial charge in [0.05, 0.1) is 25.1 Å². The van der Waals surface area contributed by atoms with Gasteiger partial charge in [-0.15, -0.1) is 0 Å². The number of carbonyl (C=O) groups is 1. The molecule has 0 spiro atoms. The Hall–Kier alpha value is -3.61. The van der Waals surface area contributed by atoms with Crippen molar-refractivity contribution in [1.29, 1.82) is 0 Å². The molecule has 0 aliphatic carbocycles. The standard InChI is InChI=1S/C27H29F4N3O5/c1-25(2,32)18-13-20(16-4-6-19(28)7-5-16)34-23(14-18)26(37,27(29,30)31)9-8-21(36)17-12-22(38-3)24(33-15-17)39-11-10-35/h4-7,12-15,35,37H,8-11,32H2,1-3H3. The van der Waals surface area contributed by atoms with Gasteiger partial charge in [0.1, 0.15) is 12.4 Å². The van der Waals surface area contributed by atoms with Crippen LogP contribution in [0.15, 0.2) is 48.7 Å². The van der Waals surface area contributed by atoms with Crippen LogP contribution in [0.5, 0.6) is 11.6 Å². The summed E-state index contributed by atoms with van der Waals surface area (Å²) < 4.78 is 66.9. The molecule has 1 unspecified atom stereocenters. The van der Waals surface area contributed by atoms with Gasteiger partial charge in [-0.2, -0.15) is 13.2 Å². The highest BCUT2D eigenvalue weighted by atomic mass is 19.4. The Balaban J connectivity index is 2.00. The SMILES string of the molecule is COc1cc(C(=O)CCC(O)(c2cc(C(C)(C)N)cc(-c3ccc(F)cc3)n2)C(F)(F)F)cnc1OCCO. The van der Waals surface area contributed by atoms with Gasteiger partial charge in [-0.3, -0.25) is 4.79 Å². The van der Waals surface area contributed by atoms with Crippen molar-refractivity contribution in [3.8, 4) is 22.9 Å². The molecule has 0 bridgehead atoms. The zero-order valence-electron chi connectivity index (χ0n) is 21.6. The molecule has 0 fully saturated rings. The van der Waals surface area contributed by atoms with Crippen LogP contribution in [0.4, 0.5) is 17.6 Å². The maximum Gasteiger partial charge on any atom is 0.422 e. The lowest BCUT2D eigenvalue weighted by molar-refractivity contribution is -0.270. The average molecular weight is 552 g/mol. The Morgan fingerprint density at radius 2 is 1.77 bits per heavy atom. The van der Waals surface area contributed by atoms with Crippen LogP contribution >= 0.6 is 0 Å². The highest BCUT2D eigenvalue weighted by Crippen LogP contribution is 2.43. The number of Topliss-reactive ketones (excluding diaryl/α,β-unsaturated/α-hetero) is 1. The van der Waals surface area contributed by atoms with E-state index in [1.54, 1.807) is 13.8 Å². The molecule has 0 saturated heterocycles. The summed E-state index contributed by atoms with van der Waals surface area (Å²) in [7, 11) is 1.29. The molecule has 3 rings (SSSR count). The summed E-state index contributed by atoms with van der Waals surface area (Å²) in [5.74, 6) is -1.25. The topological polar surface area (TPSA) is 128 Å². The molecule has 3 aromatic rings. The van der Waals surface area contributed by atoms with Crippen molar-refractivity contribution in [3.63, 3.8) is 0 Å². The van der Waals surface area contributed by atoms with E-state index in [-0.39, 0.29) is 41.7 Å².